The van der Waals surface area contributed by atoms with Crippen LogP contribution in [0.15, 0.2) is 29.2 Å². The van der Waals surface area contributed by atoms with Gasteiger partial charge in [0.2, 0.25) is 11.8 Å². The molecule has 5 nitrogen and oxygen atoms in total. The van der Waals surface area contributed by atoms with Crippen LogP contribution in [-0.4, -0.2) is 16.4 Å². The molecule has 2 amide bonds. The molecule has 20 heavy (non-hydrogen) atoms. The van der Waals surface area contributed by atoms with Crippen molar-refractivity contribution < 1.29 is 9.59 Å². The van der Waals surface area contributed by atoms with Gasteiger partial charge in [0.1, 0.15) is 6.04 Å². The molecular formula is C15H24N2O3. The highest BCUT2D eigenvalue weighted by Crippen LogP contribution is 2.15. The third-order valence-electron chi connectivity index (χ3n) is 2.40. The Morgan fingerprint density at radius 3 is 2.30 bits per heavy atom. The molecule has 0 bridgehead atoms. The van der Waals surface area contributed by atoms with E-state index >= 15 is 0 Å². The van der Waals surface area contributed by atoms with Gasteiger partial charge in [0.05, 0.1) is 0 Å². The Bertz CT molecular complexity index is 480. The normalized spacial score (nSPS) is 17.1. The Kier molecular flexibility index (Phi) is 9.00. The van der Waals surface area contributed by atoms with Gasteiger partial charge in [-0.05, 0) is 12.5 Å². The van der Waals surface area contributed by atoms with Crippen molar-refractivity contribution in [3.8, 4) is 0 Å². The molecule has 0 aromatic carbocycles. The van der Waals surface area contributed by atoms with Crippen LogP contribution in [0.5, 0.6) is 0 Å². The molecular weight excluding hydrogens is 256 g/mol. The minimum atomic E-state index is -0.559. The second kappa shape index (κ2) is 9.95. The third kappa shape index (κ3) is 5.38. The maximum atomic E-state index is 11.5. The van der Waals surface area contributed by atoms with Crippen LogP contribution < -0.4 is 10.9 Å². The zero-order valence-corrected chi connectivity index (χ0v) is 12.7. The average Bonchev–Trinajstić information content (AvgIpc) is 2.43. The fourth-order valence-electron chi connectivity index (χ4n) is 1.64. The van der Waals surface area contributed by atoms with E-state index in [-0.39, 0.29) is 17.9 Å². The Balaban J connectivity index is 0.000000641. The lowest BCUT2D eigenvalue weighted by Crippen LogP contribution is -2.44. The van der Waals surface area contributed by atoms with Crippen LogP contribution in [0.3, 0.4) is 0 Å². The SMILES string of the molecule is CC.CCC.O=C1CCC(n2ccccc2=O)C(=O)N1. The van der Waals surface area contributed by atoms with E-state index in [4.69, 9.17) is 0 Å². The van der Waals surface area contributed by atoms with Crippen molar-refractivity contribution in [1.82, 2.24) is 9.88 Å². The molecule has 1 aromatic rings. The van der Waals surface area contributed by atoms with Gasteiger partial charge in [-0.1, -0.05) is 40.2 Å². The fraction of sp³-hybridized carbons (Fsp3) is 0.533. The highest BCUT2D eigenvalue weighted by molar-refractivity contribution is 5.99. The number of nitrogens with one attached hydrogen (secondary N) is 1. The summed E-state index contributed by atoms with van der Waals surface area (Å²) < 4.78 is 1.35. The summed E-state index contributed by atoms with van der Waals surface area (Å²) in [6, 6.07) is 4.14. The van der Waals surface area contributed by atoms with Crippen LogP contribution >= 0.6 is 0 Å². The molecule has 5 heteroatoms. The molecule has 1 atom stereocenters. The van der Waals surface area contributed by atoms with Gasteiger partial charge in [-0.15, -0.1) is 0 Å². The lowest BCUT2D eigenvalue weighted by molar-refractivity contribution is -0.135. The molecule has 1 aromatic heterocycles. The summed E-state index contributed by atoms with van der Waals surface area (Å²) >= 11 is 0. The molecule has 0 saturated carbocycles. The third-order valence-corrected chi connectivity index (χ3v) is 2.40. The second-order valence-corrected chi connectivity index (χ2v) is 4.12. The van der Waals surface area contributed by atoms with E-state index in [1.807, 2.05) is 13.8 Å². The van der Waals surface area contributed by atoms with Gasteiger partial charge < -0.3 is 4.57 Å². The molecule has 1 unspecified atom stereocenters. The first-order valence-electron chi connectivity index (χ1n) is 7.11. The maximum Gasteiger partial charge on any atom is 0.251 e. The molecule has 0 aliphatic carbocycles. The molecule has 1 aliphatic heterocycles. The number of piperidine rings is 1. The van der Waals surface area contributed by atoms with Crippen molar-refractivity contribution in [2.45, 2.75) is 53.0 Å². The minimum Gasteiger partial charge on any atom is -0.303 e. The van der Waals surface area contributed by atoms with Gasteiger partial charge in [-0.2, -0.15) is 0 Å². The number of amides is 2. The molecule has 2 rings (SSSR count). The van der Waals surface area contributed by atoms with Gasteiger partial charge in [-0.25, -0.2) is 0 Å². The Hall–Kier alpha value is -1.91. The van der Waals surface area contributed by atoms with Crippen molar-refractivity contribution in [1.29, 1.82) is 0 Å². The van der Waals surface area contributed by atoms with Crippen LogP contribution in [0.2, 0.25) is 0 Å². The topological polar surface area (TPSA) is 68.2 Å². The van der Waals surface area contributed by atoms with Gasteiger partial charge in [0.15, 0.2) is 0 Å². The molecule has 0 spiro atoms. The Morgan fingerprint density at radius 1 is 1.20 bits per heavy atom. The monoisotopic (exact) mass is 280 g/mol. The van der Waals surface area contributed by atoms with Crippen molar-refractivity contribution in [3.05, 3.63) is 34.7 Å². The van der Waals surface area contributed by atoms with Gasteiger partial charge >= 0.3 is 0 Å². The smallest absolute Gasteiger partial charge is 0.251 e. The minimum absolute atomic E-state index is 0.230. The summed E-state index contributed by atoms with van der Waals surface area (Å²) in [4.78, 5) is 33.8. The Morgan fingerprint density at radius 2 is 1.80 bits per heavy atom. The first kappa shape index (κ1) is 18.1. The first-order valence-corrected chi connectivity index (χ1v) is 7.11. The zero-order chi connectivity index (χ0) is 15.5. The number of rotatable bonds is 1. The number of aromatic nitrogens is 1. The molecule has 112 valence electrons. The summed E-state index contributed by atoms with van der Waals surface area (Å²) in [6.07, 6.45) is 3.47. The van der Waals surface area contributed by atoms with E-state index in [1.54, 1.807) is 18.3 Å². The Labute approximate surface area is 120 Å². The van der Waals surface area contributed by atoms with Crippen molar-refractivity contribution in [2.24, 2.45) is 0 Å². The molecule has 1 saturated heterocycles. The number of imide groups is 1. The predicted molar refractivity (Wildman–Crippen MR) is 79.4 cm³/mol. The average molecular weight is 280 g/mol. The summed E-state index contributed by atoms with van der Waals surface area (Å²) in [5.41, 5.74) is -0.230. The number of carbonyl (C=O) groups excluding carboxylic acids is 2. The molecule has 0 radical (unpaired) electrons. The highest BCUT2D eigenvalue weighted by atomic mass is 16.2. The first-order chi connectivity index (χ1) is 9.60. The van der Waals surface area contributed by atoms with E-state index in [2.05, 4.69) is 19.2 Å². The van der Waals surface area contributed by atoms with Crippen LogP contribution in [0.4, 0.5) is 0 Å². The van der Waals surface area contributed by atoms with Crippen molar-refractivity contribution in [2.75, 3.05) is 0 Å². The zero-order valence-electron chi connectivity index (χ0n) is 12.7. The molecule has 1 fully saturated rings. The van der Waals surface area contributed by atoms with Crippen molar-refractivity contribution in [3.63, 3.8) is 0 Å². The number of hydrogen-bond acceptors (Lipinski definition) is 3. The molecule has 1 aliphatic rings. The van der Waals surface area contributed by atoms with E-state index in [0.717, 1.165) is 0 Å². The number of pyridine rings is 1. The van der Waals surface area contributed by atoms with Gasteiger partial charge in [-0.3, -0.25) is 19.7 Å². The molecule has 1 N–H and O–H groups in total. The van der Waals surface area contributed by atoms with Crippen LogP contribution in [-0.2, 0) is 9.59 Å². The standard InChI is InChI=1S/C10H10N2O3.C3H8.C2H6/c13-8-5-4-7(10(15)11-8)12-6-2-1-3-9(12)14;1-3-2;1-2/h1-3,6-7H,4-5H2,(H,11,13,15);3H2,1-2H3;1-2H3. The van der Waals surface area contributed by atoms with Crippen LogP contribution in [0, 0.1) is 0 Å². The number of carbonyl (C=O) groups is 2. The highest BCUT2D eigenvalue weighted by Gasteiger charge is 2.27. The number of hydrogen-bond donors (Lipinski definition) is 1. The van der Waals surface area contributed by atoms with Gasteiger partial charge in [0, 0.05) is 18.7 Å². The summed E-state index contributed by atoms with van der Waals surface area (Å²) in [5.74, 6) is -0.681. The quantitative estimate of drug-likeness (QED) is 0.802. The summed E-state index contributed by atoms with van der Waals surface area (Å²) in [6.45, 7) is 8.25. The summed E-state index contributed by atoms with van der Waals surface area (Å²) in [5, 5.41) is 2.22. The molecule has 2 heterocycles. The predicted octanol–water partition coefficient (Wildman–Crippen LogP) is 2.27. The van der Waals surface area contributed by atoms with Crippen molar-refractivity contribution >= 4 is 11.8 Å². The number of nitrogens with zero attached hydrogens (tertiary/aromatic N) is 1. The van der Waals surface area contributed by atoms with E-state index in [9.17, 15) is 14.4 Å². The largest absolute Gasteiger partial charge is 0.303 e. The van der Waals surface area contributed by atoms with Gasteiger partial charge in [0.25, 0.3) is 5.56 Å². The van der Waals surface area contributed by atoms with Crippen LogP contribution in [0.1, 0.15) is 53.0 Å². The lowest BCUT2D eigenvalue weighted by atomic mass is 10.1. The lowest BCUT2D eigenvalue weighted by Gasteiger charge is -2.22. The maximum absolute atomic E-state index is 11.5. The summed E-state index contributed by atoms with van der Waals surface area (Å²) in [7, 11) is 0. The van der Waals surface area contributed by atoms with Crippen LogP contribution in [0.25, 0.3) is 0 Å². The fourth-order valence-corrected chi connectivity index (χ4v) is 1.64. The van der Waals surface area contributed by atoms with E-state index in [0.29, 0.717) is 6.42 Å². The van der Waals surface area contributed by atoms with E-state index in [1.165, 1.54) is 17.1 Å². The van der Waals surface area contributed by atoms with E-state index < -0.39 is 11.9 Å². The second-order valence-electron chi connectivity index (χ2n) is 4.12.